The number of carboxylic acids is 3. The van der Waals surface area contributed by atoms with Crippen molar-refractivity contribution in [2.45, 2.75) is 110 Å². The Bertz CT molecular complexity index is 1910. The average Bonchev–Trinajstić information content (AvgIpc) is 3.26. The summed E-state index contributed by atoms with van der Waals surface area (Å²) in [6.07, 6.45) is 10.5. The van der Waals surface area contributed by atoms with Gasteiger partial charge in [0.25, 0.3) is 11.9 Å². The first kappa shape index (κ1) is 53.7. The van der Waals surface area contributed by atoms with Crippen LogP contribution in [0.1, 0.15) is 101 Å². The number of hydrogen-bond acceptors (Lipinski definition) is 11. The number of nitrogens with one attached hydrogen (secondary N) is 1. The van der Waals surface area contributed by atoms with E-state index in [0.29, 0.717) is 49.0 Å². The lowest BCUT2D eigenvalue weighted by Crippen LogP contribution is -2.67. The molecule has 1 heterocycles. The summed E-state index contributed by atoms with van der Waals surface area (Å²) >= 11 is 0. The van der Waals surface area contributed by atoms with E-state index in [2.05, 4.69) is 5.32 Å². The number of aromatic carboxylic acids is 1. The minimum absolute atomic E-state index is 0.0174. The summed E-state index contributed by atoms with van der Waals surface area (Å²) in [5.74, 6) is -3.92. The molecule has 10 unspecified atom stereocenters. The number of esters is 1. The number of Topliss-reactive ketones (excluding diaryl/α,β-unsaturated/α-hetero) is 1. The zero-order valence-electron chi connectivity index (χ0n) is 37.2. The molecule has 0 spiro atoms. The number of carbonyl (C=O) groups excluding carboxylic acids is 3. The van der Waals surface area contributed by atoms with Crippen molar-refractivity contribution in [3.05, 3.63) is 108 Å². The first-order chi connectivity index (χ1) is 29.9. The third kappa shape index (κ3) is 14.5. The van der Waals surface area contributed by atoms with Crippen molar-refractivity contribution in [1.29, 1.82) is 0 Å². The van der Waals surface area contributed by atoms with Crippen molar-refractivity contribution >= 4 is 35.6 Å². The van der Waals surface area contributed by atoms with E-state index >= 15 is 0 Å². The van der Waals surface area contributed by atoms with Crippen LogP contribution in [0.2, 0.25) is 0 Å². The quantitative estimate of drug-likeness (QED) is 0.127. The van der Waals surface area contributed by atoms with E-state index in [-0.39, 0.29) is 47.9 Å². The van der Waals surface area contributed by atoms with Gasteiger partial charge >= 0.3 is 17.9 Å². The first-order valence-corrected chi connectivity index (χ1v) is 21.2. The van der Waals surface area contributed by atoms with E-state index in [1.807, 2.05) is 57.2 Å². The lowest BCUT2D eigenvalue weighted by Gasteiger charge is -2.59. The molecule has 1 saturated heterocycles. The van der Waals surface area contributed by atoms with Crippen LogP contribution in [-0.2, 0) is 28.7 Å². The van der Waals surface area contributed by atoms with E-state index in [0.717, 1.165) is 20.5 Å². The van der Waals surface area contributed by atoms with Gasteiger partial charge in [0, 0.05) is 56.7 Å². The number of ether oxygens (including phenoxy) is 2. The molecular formula is C48H65NO14. The molecule has 15 heteroatoms. The number of aliphatic carboxylic acids is 2. The fourth-order valence-corrected chi connectivity index (χ4v) is 8.55. The molecule has 3 fully saturated rings. The Morgan fingerprint density at radius 1 is 0.921 bits per heavy atom. The smallest absolute Gasteiger partial charge is 0.335 e. The molecule has 10 atom stereocenters. The van der Waals surface area contributed by atoms with Crippen LogP contribution >= 0.6 is 0 Å². The normalized spacial score (nSPS) is 28.5. The Morgan fingerprint density at radius 2 is 1.49 bits per heavy atom. The predicted octanol–water partition coefficient (Wildman–Crippen LogP) is 5.88. The van der Waals surface area contributed by atoms with Crippen LogP contribution in [0.3, 0.4) is 0 Å². The van der Waals surface area contributed by atoms with E-state index in [1.165, 1.54) is 6.92 Å². The van der Waals surface area contributed by atoms with Gasteiger partial charge in [0.2, 0.25) is 0 Å². The number of hydrogen-bond donors (Lipinski definition) is 7. The summed E-state index contributed by atoms with van der Waals surface area (Å²) in [7, 11) is 1.00. The highest BCUT2D eigenvalue weighted by Crippen LogP contribution is 2.57. The molecule has 0 radical (unpaired) electrons. The number of ketones is 1. The Balaban J connectivity index is 0.000000325. The van der Waals surface area contributed by atoms with Gasteiger partial charge in [0.15, 0.2) is 11.9 Å². The number of fused-ring (bicyclic) bond motifs is 5. The number of rotatable bonds is 7. The van der Waals surface area contributed by atoms with Crippen LogP contribution in [-0.4, -0.2) is 110 Å². The number of amides is 1. The lowest BCUT2D eigenvalue weighted by atomic mass is 9.50. The van der Waals surface area contributed by atoms with Crippen molar-refractivity contribution in [3.8, 4) is 0 Å². The maximum Gasteiger partial charge on any atom is 0.335 e. The van der Waals surface area contributed by atoms with Gasteiger partial charge in [-0.2, -0.15) is 0 Å². The van der Waals surface area contributed by atoms with Gasteiger partial charge in [-0.1, -0.05) is 87.5 Å². The second kappa shape index (κ2) is 25.6. The highest BCUT2D eigenvalue weighted by molar-refractivity contribution is 5.95. The molecule has 0 aromatic heterocycles. The van der Waals surface area contributed by atoms with E-state index < -0.39 is 53.1 Å². The topological polar surface area (TPSA) is 254 Å². The number of aliphatic hydroxyl groups is 3. The Labute approximate surface area is 369 Å². The zero-order chi connectivity index (χ0) is 47.5. The third-order valence-electron chi connectivity index (χ3n) is 11.9. The lowest BCUT2D eigenvalue weighted by molar-refractivity contribution is -0.238. The fourth-order valence-electron chi connectivity index (χ4n) is 8.55. The predicted molar refractivity (Wildman–Crippen MR) is 235 cm³/mol. The second-order valence-electron chi connectivity index (χ2n) is 15.7. The molecular weight excluding hydrogens is 815 g/mol. The summed E-state index contributed by atoms with van der Waals surface area (Å²) in [5, 5.41) is 57.0. The number of benzene rings is 2. The molecule has 63 heavy (non-hydrogen) atoms. The molecule has 7 N–H and O–H groups in total. The van der Waals surface area contributed by atoms with Crippen LogP contribution in [0.25, 0.3) is 0 Å². The van der Waals surface area contributed by atoms with Crippen LogP contribution in [0.4, 0.5) is 0 Å². The summed E-state index contributed by atoms with van der Waals surface area (Å²) < 4.78 is 11.1. The van der Waals surface area contributed by atoms with Gasteiger partial charge in [-0.3, -0.25) is 24.0 Å². The average molecular weight is 880 g/mol. The molecule has 346 valence electrons. The molecule has 2 bridgehead atoms. The maximum absolute atomic E-state index is 13.6. The Kier molecular flexibility index (Phi) is 21.8. The van der Waals surface area contributed by atoms with Gasteiger partial charge in [0.1, 0.15) is 0 Å². The number of carboxylic acid groups (broad SMARTS) is 3. The maximum atomic E-state index is 13.6. The van der Waals surface area contributed by atoms with Crippen molar-refractivity contribution < 1.29 is 68.9 Å². The molecule has 1 amide bonds. The van der Waals surface area contributed by atoms with Gasteiger partial charge in [-0.15, -0.1) is 0 Å². The number of carbonyl (C=O) groups is 6. The molecule has 15 nitrogen and oxygen atoms in total. The highest BCUT2D eigenvalue weighted by Gasteiger charge is 2.64. The van der Waals surface area contributed by atoms with Crippen molar-refractivity contribution in [3.63, 3.8) is 0 Å². The van der Waals surface area contributed by atoms with Gasteiger partial charge in [-0.05, 0) is 68.4 Å². The molecule has 7 rings (SSSR count). The highest BCUT2D eigenvalue weighted by atomic mass is 16.5. The van der Waals surface area contributed by atoms with Crippen LogP contribution < -0.4 is 5.32 Å². The van der Waals surface area contributed by atoms with Crippen LogP contribution in [0.15, 0.2) is 96.6 Å². The van der Waals surface area contributed by atoms with E-state index in [9.17, 15) is 34.2 Å². The number of allylic oxidation sites excluding steroid dienone is 4. The molecule has 2 aromatic rings. The molecule has 1 aliphatic heterocycles. The van der Waals surface area contributed by atoms with Gasteiger partial charge < -0.3 is 45.4 Å². The van der Waals surface area contributed by atoms with Crippen LogP contribution in [0, 0.1) is 29.1 Å². The second-order valence-corrected chi connectivity index (χ2v) is 15.7. The third-order valence-corrected chi connectivity index (χ3v) is 11.9. The summed E-state index contributed by atoms with van der Waals surface area (Å²) in [4.78, 5) is 67.7. The summed E-state index contributed by atoms with van der Waals surface area (Å²) in [6, 6.07) is 16.7. The largest absolute Gasteiger partial charge is 0.481 e. The number of aliphatic hydroxyl groups excluding tert-OH is 2. The molecule has 4 aliphatic carbocycles. The summed E-state index contributed by atoms with van der Waals surface area (Å²) in [6.45, 7) is 10.6. The summed E-state index contributed by atoms with van der Waals surface area (Å²) in [5.41, 5.74) is -0.476. The van der Waals surface area contributed by atoms with Crippen molar-refractivity contribution in [1.82, 2.24) is 5.32 Å². The monoisotopic (exact) mass is 879 g/mol. The van der Waals surface area contributed by atoms with Crippen LogP contribution in [0.5, 0.6) is 0 Å². The molecule has 2 aromatic carbocycles. The molecule has 2 saturated carbocycles. The van der Waals surface area contributed by atoms with Gasteiger partial charge in [0.05, 0.1) is 41.8 Å². The fraction of sp³-hybridized carbons (Fsp3) is 0.500. The van der Waals surface area contributed by atoms with E-state index in [1.54, 1.807) is 61.5 Å². The zero-order valence-corrected chi connectivity index (χ0v) is 37.2. The molecule has 5 aliphatic rings. The SMILES string of the molecule is CC.CC(=O)O.CC(=O)OC1C(=O)C2(C)C(O)CC3OCC3C2CC2(O)CCC=C1C2C.CO.O=C(O)CC(NC(=O)c1ccccc1)C1C=CC=CC1.O=C(O)c1ccccc1. The minimum Gasteiger partial charge on any atom is -0.481 e. The Morgan fingerprint density at radius 3 is 1.95 bits per heavy atom. The standard InChI is InChI=1S/C20H28O6.C16H17NO3.C7H6O2.C2H4O2.C2H6.CH4O/c1-10-12-5-4-6-20(10,24)8-14-13-9-25-15(13)7-16(22)19(14,3)18(23)17(12)26-11(2)21;18-15(19)11-14(12-7-3-1-4-8-12)17-16(20)13-9-5-2-6-10-13;8-7(9)6-4-2-1-3-5-6;1-2(3)4;2*1-2/h5,10,13-17,22,24H,4,6-9H2,1-3H3;1-7,9-10,12,14H,8,11H2,(H,17,20)(H,18,19);1-5H,(H,8,9);1H3,(H,3,4);1-2H3;2H,1H3. The van der Waals surface area contributed by atoms with Crippen molar-refractivity contribution in [2.24, 2.45) is 29.1 Å². The first-order valence-electron chi connectivity index (χ1n) is 21.2. The Hall–Kier alpha value is -5.48. The van der Waals surface area contributed by atoms with E-state index in [4.69, 9.17) is 34.7 Å². The minimum atomic E-state index is -1.06. The van der Waals surface area contributed by atoms with Gasteiger partial charge in [-0.25, -0.2) is 4.79 Å². The van der Waals surface area contributed by atoms with Crippen molar-refractivity contribution in [2.75, 3.05) is 13.7 Å².